The standard InChI is InChI=1S/C12H20N/c1-8(2)12-9(3)7-10(4)13(6)11(12)5/h7-8H,1-6H3/q+1. The number of aromatic nitrogens is 1. The van der Waals surface area contributed by atoms with Crippen LogP contribution in [0.15, 0.2) is 6.07 Å². The lowest BCUT2D eigenvalue weighted by Gasteiger charge is -2.12. The average Bonchev–Trinajstić information content (AvgIpc) is 1.99. The van der Waals surface area contributed by atoms with E-state index in [4.69, 9.17) is 0 Å². The summed E-state index contributed by atoms with van der Waals surface area (Å²) in [4.78, 5) is 0. The van der Waals surface area contributed by atoms with Crippen LogP contribution >= 0.6 is 0 Å². The number of aryl methyl sites for hydroxylation is 2. The van der Waals surface area contributed by atoms with Gasteiger partial charge in [-0.25, -0.2) is 4.57 Å². The third-order valence-corrected chi connectivity index (χ3v) is 2.85. The smallest absolute Gasteiger partial charge is 0.181 e. The number of hydrogen-bond donors (Lipinski definition) is 0. The summed E-state index contributed by atoms with van der Waals surface area (Å²) in [5, 5.41) is 0. The monoisotopic (exact) mass is 178 g/mol. The van der Waals surface area contributed by atoms with Gasteiger partial charge in [0.1, 0.15) is 7.05 Å². The highest BCUT2D eigenvalue weighted by Crippen LogP contribution is 2.20. The molecular formula is C12H20N+. The van der Waals surface area contributed by atoms with Crippen LogP contribution in [0, 0.1) is 20.8 Å². The lowest BCUT2D eigenvalue weighted by atomic mass is 9.96. The largest absolute Gasteiger partial charge is 0.203 e. The topological polar surface area (TPSA) is 3.88 Å². The maximum atomic E-state index is 2.27. The van der Waals surface area contributed by atoms with Gasteiger partial charge in [-0.05, 0) is 18.4 Å². The molecule has 1 heteroatoms. The molecule has 0 radical (unpaired) electrons. The van der Waals surface area contributed by atoms with Gasteiger partial charge >= 0.3 is 0 Å². The first-order valence-corrected chi connectivity index (χ1v) is 4.92. The zero-order chi connectivity index (χ0) is 10.2. The molecule has 0 N–H and O–H groups in total. The van der Waals surface area contributed by atoms with E-state index in [-0.39, 0.29) is 0 Å². The molecule has 0 unspecified atom stereocenters. The minimum absolute atomic E-state index is 0.617. The molecule has 0 atom stereocenters. The second kappa shape index (κ2) is 3.49. The summed E-state index contributed by atoms with van der Waals surface area (Å²) in [6, 6.07) is 2.27. The number of rotatable bonds is 1. The summed E-state index contributed by atoms with van der Waals surface area (Å²) < 4.78 is 2.27. The third kappa shape index (κ3) is 1.74. The van der Waals surface area contributed by atoms with E-state index < -0.39 is 0 Å². The minimum atomic E-state index is 0.617. The Morgan fingerprint density at radius 3 is 2.15 bits per heavy atom. The van der Waals surface area contributed by atoms with Crippen LogP contribution < -0.4 is 4.57 Å². The summed E-state index contributed by atoms with van der Waals surface area (Å²) in [7, 11) is 2.13. The van der Waals surface area contributed by atoms with E-state index in [0.717, 1.165) is 0 Å². The Labute approximate surface area is 81.4 Å². The van der Waals surface area contributed by atoms with Crippen LogP contribution in [0.2, 0.25) is 0 Å². The number of hydrogen-bond acceptors (Lipinski definition) is 0. The Bertz CT molecular complexity index is 324. The van der Waals surface area contributed by atoms with Crippen molar-refractivity contribution in [1.82, 2.24) is 0 Å². The maximum Gasteiger partial charge on any atom is 0.181 e. The molecule has 1 nitrogen and oxygen atoms in total. The zero-order valence-corrected chi connectivity index (χ0v) is 9.60. The summed E-state index contributed by atoms with van der Waals surface area (Å²) >= 11 is 0. The Morgan fingerprint density at radius 2 is 1.69 bits per heavy atom. The van der Waals surface area contributed by atoms with Gasteiger partial charge in [0.2, 0.25) is 0 Å². The first-order chi connectivity index (χ1) is 5.95. The van der Waals surface area contributed by atoms with Crippen molar-refractivity contribution in [2.24, 2.45) is 7.05 Å². The van der Waals surface area contributed by atoms with Crippen molar-refractivity contribution in [3.63, 3.8) is 0 Å². The van der Waals surface area contributed by atoms with E-state index in [2.05, 4.69) is 52.3 Å². The Hall–Kier alpha value is -0.850. The van der Waals surface area contributed by atoms with Gasteiger partial charge in [-0.2, -0.15) is 0 Å². The van der Waals surface area contributed by atoms with Crippen molar-refractivity contribution < 1.29 is 4.57 Å². The molecule has 0 aromatic carbocycles. The zero-order valence-electron chi connectivity index (χ0n) is 9.60. The van der Waals surface area contributed by atoms with Crippen LogP contribution in [0.3, 0.4) is 0 Å². The molecule has 0 aliphatic rings. The quantitative estimate of drug-likeness (QED) is 0.582. The van der Waals surface area contributed by atoms with Gasteiger partial charge in [0.15, 0.2) is 11.4 Å². The Balaban J connectivity index is 3.44. The molecular weight excluding hydrogens is 158 g/mol. The molecule has 1 aromatic heterocycles. The molecule has 0 amide bonds. The lowest BCUT2D eigenvalue weighted by Crippen LogP contribution is -2.37. The van der Waals surface area contributed by atoms with Gasteiger partial charge in [-0.3, -0.25) is 0 Å². The molecule has 1 rings (SSSR count). The lowest BCUT2D eigenvalue weighted by molar-refractivity contribution is -0.684. The Morgan fingerprint density at radius 1 is 1.15 bits per heavy atom. The molecule has 13 heavy (non-hydrogen) atoms. The van der Waals surface area contributed by atoms with E-state index in [9.17, 15) is 0 Å². The van der Waals surface area contributed by atoms with Crippen LogP contribution in [-0.4, -0.2) is 0 Å². The number of nitrogens with zero attached hydrogens (tertiary/aromatic N) is 1. The van der Waals surface area contributed by atoms with E-state index in [1.54, 1.807) is 0 Å². The molecule has 0 fully saturated rings. The van der Waals surface area contributed by atoms with Crippen molar-refractivity contribution in [1.29, 1.82) is 0 Å². The van der Waals surface area contributed by atoms with Gasteiger partial charge in [0, 0.05) is 25.5 Å². The van der Waals surface area contributed by atoms with Crippen molar-refractivity contribution in [2.45, 2.75) is 40.5 Å². The van der Waals surface area contributed by atoms with E-state index in [1.807, 2.05) is 0 Å². The average molecular weight is 178 g/mol. The van der Waals surface area contributed by atoms with Crippen molar-refractivity contribution in [3.05, 3.63) is 28.6 Å². The molecule has 72 valence electrons. The van der Waals surface area contributed by atoms with E-state index in [1.165, 1.54) is 22.5 Å². The van der Waals surface area contributed by atoms with Gasteiger partial charge in [0.05, 0.1) is 0 Å². The van der Waals surface area contributed by atoms with Gasteiger partial charge < -0.3 is 0 Å². The highest BCUT2D eigenvalue weighted by molar-refractivity contribution is 5.29. The molecule has 0 aliphatic heterocycles. The van der Waals surface area contributed by atoms with Crippen molar-refractivity contribution >= 4 is 0 Å². The second-order valence-corrected chi connectivity index (χ2v) is 4.18. The molecule has 0 saturated heterocycles. The molecule has 1 aromatic rings. The van der Waals surface area contributed by atoms with E-state index >= 15 is 0 Å². The minimum Gasteiger partial charge on any atom is -0.203 e. The van der Waals surface area contributed by atoms with Crippen LogP contribution in [0.4, 0.5) is 0 Å². The molecule has 0 bridgehead atoms. The van der Waals surface area contributed by atoms with Crippen LogP contribution in [0.5, 0.6) is 0 Å². The molecule has 0 aliphatic carbocycles. The summed E-state index contributed by atoms with van der Waals surface area (Å²) in [5.74, 6) is 0.617. The predicted molar refractivity (Wildman–Crippen MR) is 55.9 cm³/mol. The fourth-order valence-electron chi connectivity index (χ4n) is 2.09. The first kappa shape index (κ1) is 10.2. The second-order valence-electron chi connectivity index (χ2n) is 4.18. The molecule has 0 saturated carbocycles. The highest BCUT2D eigenvalue weighted by atomic mass is 14.9. The van der Waals surface area contributed by atoms with Crippen LogP contribution in [0.25, 0.3) is 0 Å². The Kier molecular flexibility index (Phi) is 2.74. The van der Waals surface area contributed by atoms with Crippen molar-refractivity contribution in [2.75, 3.05) is 0 Å². The summed E-state index contributed by atoms with van der Waals surface area (Å²) in [5.41, 5.74) is 5.64. The summed E-state index contributed by atoms with van der Waals surface area (Å²) in [6.45, 7) is 11.1. The highest BCUT2D eigenvalue weighted by Gasteiger charge is 2.16. The van der Waals surface area contributed by atoms with E-state index in [0.29, 0.717) is 5.92 Å². The predicted octanol–water partition coefficient (Wildman–Crippen LogP) is 2.56. The molecule has 0 spiro atoms. The van der Waals surface area contributed by atoms with Gasteiger partial charge in [-0.1, -0.05) is 13.8 Å². The molecule has 1 heterocycles. The normalized spacial score (nSPS) is 11.0. The van der Waals surface area contributed by atoms with Crippen LogP contribution in [0.1, 0.15) is 42.3 Å². The SMILES string of the molecule is Cc1cc(C)[n+](C)c(C)c1C(C)C. The van der Waals surface area contributed by atoms with Crippen molar-refractivity contribution in [3.8, 4) is 0 Å². The summed E-state index contributed by atoms with van der Waals surface area (Å²) in [6.07, 6.45) is 0. The third-order valence-electron chi connectivity index (χ3n) is 2.85. The fourth-order valence-corrected chi connectivity index (χ4v) is 2.09. The maximum absolute atomic E-state index is 2.27. The van der Waals surface area contributed by atoms with Crippen LogP contribution in [-0.2, 0) is 7.05 Å². The number of pyridine rings is 1. The van der Waals surface area contributed by atoms with Gasteiger partial charge in [-0.15, -0.1) is 0 Å². The first-order valence-electron chi connectivity index (χ1n) is 4.92. The van der Waals surface area contributed by atoms with Gasteiger partial charge in [0.25, 0.3) is 0 Å². The fraction of sp³-hybridized carbons (Fsp3) is 0.583.